The third kappa shape index (κ3) is 14.2. The van der Waals surface area contributed by atoms with Crippen molar-refractivity contribution >= 4 is 7.25 Å². The highest BCUT2D eigenvalue weighted by molar-refractivity contribution is 6.50. The van der Waals surface area contributed by atoms with Gasteiger partial charge in [0.05, 0.1) is 0 Å². The second-order valence-electron chi connectivity index (χ2n) is 9.24. The number of hydrogen-bond donors (Lipinski definition) is 1. The number of rotatable bonds is 14. The van der Waals surface area contributed by atoms with Crippen LogP contribution in [-0.4, -0.2) is 12.2 Å². The second-order valence-corrected chi connectivity index (χ2v) is 9.24. The molecule has 0 amide bonds. The van der Waals surface area contributed by atoms with E-state index < -0.39 is 7.25 Å². The van der Waals surface area contributed by atoms with Crippen LogP contribution in [0.5, 0.6) is 0 Å². The van der Waals surface area contributed by atoms with Crippen molar-refractivity contribution in [3.05, 3.63) is 53.1 Å². The van der Waals surface area contributed by atoms with Crippen LogP contribution < -0.4 is 4.57 Å². The van der Waals surface area contributed by atoms with Gasteiger partial charge in [0.2, 0.25) is 6.33 Å². The molecule has 0 bridgehead atoms. The smallest absolute Gasteiger partial charge is 0.418 e. The normalized spacial score (nSPS) is 12.4. The van der Waals surface area contributed by atoms with E-state index in [0.717, 1.165) is 0 Å². The molecular weight excluding hydrogens is 427 g/mol. The molecular formula is C26H43BF4N2. The molecule has 2 nitrogen and oxygen atoms in total. The fourth-order valence-corrected chi connectivity index (χ4v) is 4.58. The van der Waals surface area contributed by atoms with Gasteiger partial charge in [0.15, 0.2) is 0 Å². The first-order chi connectivity index (χ1) is 15.6. The van der Waals surface area contributed by atoms with Crippen LogP contribution in [0.25, 0.3) is 0 Å². The number of unbranched alkanes of at least 4 members (excludes halogenated alkanes) is 8. The standard InChI is InChI=1S/C26H42N2.BF4/c1-5-6-7-8-9-10-11-12-13-14-25(28-18-17-27-21-28)15-16-26-23(3)19-22(2)20-24(26)4;2-1(3,4)5/h17-21,25H,5-16H2,1-4H3;/q;-1/p+1. The quantitative estimate of drug-likeness (QED) is 0.123. The molecule has 1 aromatic heterocycles. The first-order valence-corrected chi connectivity index (χ1v) is 12.6. The highest BCUT2D eigenvalue weighted by Crippen LogP contribution is 2.23. The molecule has 1 N–H and O–H groups in total. The molecule has 1 atom stereocenters. The van der Waals surface area contributed by atoms with Crippen molar-refractivity contribution < 1.29 is 21.8 Å². The number of aromatic nitrogens is 2. The molecule has 0 aliphatic heterocycles. The van der Waals surface area contributed by atoms with Crippen LogP contribution in [0.1, 0.15) is 106 Å². The van der Waals surface area contributed by atoms with E-state index >= 15 is 0 Å². The Morgan fingerprint density at radius 1 is 0.818 bits per heavy atom. The van der Waals surface area contributed by atoms with Crippen LogP contribution in [0, 0.1) is 20.8 Å². The number of benzene rings is 1. The number of aryl methyl sites for hydroxylation is 3. The monoisotopic (exact) mass is 470 g/mol. The molecule has 0 aliphatic rings. The number of imidazole rings is 1. The van der Waals surface area contributed by atoms with Crippen molar-refractivity contribution in [2.75, 3.05) is 0 Å². The summed E-state index contributed by atoms with van der Waals surface area (Å²) in [5.41, 5.74) is 5.85. The Morgan fingerprint density at radius 3 is 1.82 bits per heavy atom. The van der Waals surface area contributed by atoms with Crippen LogP contribution >= 0.6 is 0 Å². The van der Waals surface area contributed by atoms with Gasteiger partial charge < -0.3 is 17.3 Å². The SMILES string of the molecule is CCCCCCCCCCCC(CCc1c(C)cc(C)cc1C)[n+]1cc[nH]c1.F[B-](F)(F)F. The number of nitrogens with one attached hydrogen (secondary N) is 1. The minimum atomic E-state index is -6.00. The molecule has 0 saturated heterocycles. The summed E-state index contributed by atoms with van der Waals surface area (Å²) in [5.74, 6) is 0. The van der Waals surface area contributed by atoms with E-state index in [1.165, 1.54) is 93.7 Å². The zero-order valence-corrected chi connectivity index (χ0v) is 21.0. The Labute approximate surface area is 198 Å². The van der Waals surface area contributed by atoms with E-state index in [2.05, 4.69) is 61.9 Å². The molecule has 0 fully saturated rings. The van der Waals surface area contributed by atoms with Gasteiger partial charge >= 0.3 is 7.25 Å². The summed E-state index contributed by atoms with van der Waals surface area (Å²) in [5, 5.41) is 0. The lowest BCUT2D eigenvalue weighted by molar-refractivity contribution is -0.723. The van der Waals surface area contributed by atoms with Gasteiger partial charge in [0, 0.05) is 0 Å². The fourth-order valence-electron chi connectivity index (χ4n) is 4.58. The number of nitrogens with zero attached hydrogens (tertiary/aromatic N) is 1. The zero-order valence-electron chi connectivity index (χ0n) is 21.0. The Morgan fingerprint density at radius 2 is 1.33 bits per heavy atom. The van der Waals surface area contributed by atoms with Crippen molar-refractivity contribution in [1.82, 2.24) is 4.98 Å². The maximum Gasteiger partial charge on any atom is 0.673 e. The lowest BCUT2D eigenvalue weighted by Gasteiger charge is -2.16. The Bertz CT molecular complexity index is 731. The highest BCUT2D eigenvalue weighted by Gasteiger charge is 2.20. The first kappa shape index (κ1) is 29.2. The van der Waals surface area contributed by atoms with Crippen molar-refractivity contribution in [2.24, 2.45) is 0 Å². The Balaban J connectivity index is 0.000000981. The van der Waals surface area contributed by atoms with Gasteiger partial charge in [0.25, 0.3) is 0 Å². The topological polar surface area (TPSA) is 19.7 Å². The van der Waals surface area contributed by atoms with Crippen molar-refractivity contribution in [1.29, 1.82) is 0 Å². The zero-order chi connectivity index (χ0) is 24.7. The maximum atomic E-state index is 9.75. The van der Waals surface area contributed by atoms with Crippen LogP contribution in [0.2, 0.25) is 0 Å². The largest absolute Gasteiger partial charge is 0.673 e. The van der Waals surface area contributed by atoms with E-state index in [1.807, 2.05) is 6.20 Å². The first-order valence-electron chi connectivity index (χ1n) is 12.6. The number of hydrogen-bond acceptors (Lipinski definition) is 0. The minimum Gasteiger partial charge on any atom is -0.418 e. The molecule has 2 rings (SSSR count). The summed E-state index contributed by atoms with van der Waals surface area (Å²) in [4.78, 5) is 3.24. The van der Waals surface area contributed by atoms with Gasteiger partial charge in [-0.3, -0.25) is 4.98 Å². The van der Waals surface area contributed by atoms with Crippen LogP contribution in [-0.2, 0) is 6.42 Å². The predicted molar refractivity (Wildman–Crippen MR) is 131 cm³/mol. The maximum absolute atomic E-state index is 9.75. The van der Waals surface area contributed by atoms with E-state index in [-0.39, 0.29) is 0 Å². The van der Waals surface area contributed by atoms with Crippen molar-refractivity contribution in [2.45, 2.75) is 111 Å². The molecule has 33 heavy (non-hydrogen) atoms. The molecule has 0 saturated carbocycles. The van der Waals surface area contributed by atoms with E-state index in [0.29, 0.717) is 6.04 Å². The van der Waals surface area contributed by atoms with Gasteiger partial charge in [-0.25, -0.2) is 4.57 Å². The number of H-pyrrole nitrogens is 1. The number of halogens is 4. The van der Waals surface area contributed by atoms with E-state index in [4.69, 9.17) is 0 Å². The Hall–Kier alpha value is -1.79. The molecule has 1 unspecified atom stereocenters. The van der Waals surface area contributed by atoms with Crippen LogP contribution in [0.15, 0.2) is 30.9 Å². The third-order valence-corrected chi connectivity index (χ3v) is 6.20. The summed E-state index contributed by atoms with van der Waals surface area (Å²) >= 11 is 0. The van der Waals surface area contributed by atoms with Gasteiger partial charge in [0.1, 0.15) is 18.4 Å². The molecule has 188 valence electrons. The Kier molecular flexibility index (Phi) is 14.1. The fraction of sp³-hybridized carbons (Fsp3) is 0.654. The van der Waals surface area contributed by atoms with E-state index in [9.17, 15) is 17.3 Å². The molecule has 1 heterocycles. The minimum absolute atomic E-state index is 0.607. The summed E-state index contributed by atoms with van der Waals surface area (Å²) in [6.07, 6.45) is 22.7. The molecule has 1 aromatic carbocycles. The predicted octanol–water partition coefficient (Wildman–Crippen LogP) is 8.62. The summed E-state index contributed by atoms with van der Waals surface area (Å²) < 4.78 is 41.4. The lowest BCUT2D eigenvalue weighted by atomic mass is 9.93. The third-order valence-electron chi connectivity index (χ3n) is 6.20. The van der Waals surface area contributed by atoms with Crippen molar-refractivity contribution in [3.8, 4) is 0 Å². The number of aromatic amines is 1. The second kappa shape index (κ2) is 15.9. The lowest BCUT2D eigenvalue weighted by Crippen LogP contribution is -2.37. The van der Waals surface area contributed by atoms with Crippen LogP contribution in [0.3, 0.4) is 0 Å². The molecule has 2 aromatic rings. The van der Waals surface area contributed by atoms with Gasteiger partial charge in [-0.05, 0) is 63.1 Å². The average Bonchev–Trinajstić information content (AvgIpc) is 3.23. The summed E-state index contributed by atoms with van der Waals surface area (Å²) in [7, 11) is -6.00. The van der Waals surface area contributed by atoms with Gasteiger partial charge in [-0.1, -0.05) is 76.0 Å². The molecule has 0 radical (unpaired) electrons. The van der Waals surface area contributed by atoms with Crippen molar-refractivity contribution in [3.63, 3.8) is 0 Å². The average molecular weight is 470 g/mol. The highest BCUT2D eigenvalue weighted by atomic mass is 19.5. The molecule has 7 heteroatoms. The van der Waals surface area contributed by atoms with Gasteiger partial charge in [-0.15, -0.1) is 0 Å². The molecule has 0 aliphatic carbocycles. The molecule has 0 spiro atoms. The summed E-state index contributed by atoms with van der Waals surface area (Å²) in [6.45, 7) is 9.04. The van der Waals surface area contributed by atoms with E-state index in [1.54, 1.807) is 5.56 Å². The summed E-state index contributed by atoms with van der Waals surface area (Å²) in [6, 6.07) is 5.28. The van der Waals surface area contributed by atoms with Crippen LogP contribution in [0.4, 0.5) is 17.3 Å². The van der Waals surface area contributed by atoms with Gasteiger partial charge in [-0.2, -0.15) is 0 Å².